The first kappa shape index (κ1) is 13.0. The summed E-state index contributed by atoms with van der Waals surface area (Å²) >= 11 is 2.07. The molecule has 0 aliphatic heterocycles. The molecule has 1 aliphatic rings. The number of hydrogen-bond acceptors (Lipinski definition) is 2. The van der Waals surface area contributed by atoms with Gasteiger partial charge in [0.1, 0.15) is 0 Å². The van der Waals surface area contributed by atoms with Crippen LogP contribution in [0.15, 0.2) is 29.2 Å². The van der Waals surface area contributed by atoms with Crippen molar-refractivity contribution < 1.29 is 0 Å². The second-order valence-corrected chi connectivity index (χ2v) is 6.15. The summed E-state index contributed by atoms with van der Waals surface area (Å²) in [6.07, 6.45) is 6.82. The van der Waals surface area contributed by atoms with Gasteiger partial charge in [-0.15, -0.1) is 11.8 Å². The van der Waals surface area contributed by atoms with E-state index in [1.165, 1.54) is 36.1 Å². The van der Waals surface area contributed by atoms with Crippen molar-refractivity contribution in [2.75, 3.05) is 13.1 Å². The molecule has 1 N–H and O–H groups in total. The average molecular weight is 249 g/mol. The van der Waals surface area contributed by atoms with Gasteiger partial charge in [0.25, 0.3) is 0 Å². The fourth-order valence-corrected chi connectivity index (χ4v) is 3.59. The lowest BCUT2D eigenvalue weighted by atomic mass is 10.1. The largest absolute Gasteiger partial charge is 0.317 e. The number of thioether (sulfide) groups is 1. The van der Waals surface area contributed by atoms with Crippen molar-refractivity contribution in [3.05, 3.63) is 29.8 Å². The highest BCUT2D eigenvalue weighted by molar-refractivity contribution is 8.00. The Hall–Kier alpha value is -0.470. The third-order valence-electron chi connectivity index (χ3n) is 3.37. The van der Waals surface area contributed by atoms with Crippen LogP contribution in [0.3, 0.4) is 0 Å². The van der Waals surface area contributed by atoms with Crippen LogP contribution in [0, 0.1) is 0 Å². The van der Waals surface area contributed by atoms with Crippen LogP contribution in [-0.4, -0.2) is 18.3 Å². The van der Waals surface area contributed by atoms with Gasteiger partial charge in [0.2, 0.25) is 0 Å². The maximum atomic E-state index is 3.36. The van der Waals surface area contributed by atoms with E-state index in [0.717, 1.165) is 24.8 Å². The van der Waals surface area contributed by atoms with Gasteiger partial charge in [0.15, 0.2) is 0 Å². The molecule has 0 unspecified atom stereocenters. The van der Waals surface area contributed by atoms with Gasteiger partial charge < -0.3 is 5.32 Å². The summed E-state index contributed by atoms with van der Waals surface area (Å²) < 4.78 is 0. The van der Waals surface area contributed by atoms with Crippen LogP contribution in [0.5, 0.6) is 0 Å². The predicted molar refractivity (Wildman–Crippen MR) is 76.8 cm³/mol. The highest BCUT2D eigenvalue weighted by Crippen LogP contribution is 2.34. The number of hydrogen-bond donors (Lipinski definition) is 1. The van der Waals surface area contributed by atoms with Crippen LogP contribution in [0.4, 0.5) is 0 Å². The standard InChI is InChI=1S/C15H23NS/c1-2-16-12-11-13-7-9-15(10-8-13)17-14-5-3-4-6-14/h7-10,14,16H,2-6,11-12H2,1H3. The Bertz CT molecular complexity index is 314. The van der Waals surface area contributed by atoms with E-state index >= 15 is 0 Å². The lowest BCUT2D eigenvalue weighted by Gasteiger charge is -2.09. The first-order valence-electron chi connectivity index (χ1n) is 6.85. The third-order valence-corrected chi connectivity index (χ3v) is 4.72. The number of nitrogens with one attached hydrogen (secondary N) is 1. The first-order chi connectivity index (χ1) is 8.38. The maximum absolute atomic E-state index is 3.36. The summed E-state index contributed by atoms with van der Waals surface area (Å²) in [6.45, 7) is 4.31. The van der Waals surface area contributed by atoms with E-state index in [9.17, 15) is 0 Å². The molecule has 0 heterocycles. The molecule has 0 saturated heterocycles. The van der Waals surface area contributed by atoms with Crippen LogP contribution in [-0.2, 0) is 6.42 Å². The molecule has 1 nitrogen and oxygen atoms in total. The van der Waals surface area contributed by atoms with E-state index < -0.39 is 0 Å². The van der Waals surface area contributed by atoms with Gasteiger partial charge in [-0.25, -0.2) is 0 Å². The van der Waals surface area contributed by atoms with Crippen molar-refractivity contribution in [3.63, 3.8) is 0 Å². The Kier molecular flexibility index (Phi) is 5.40. The number of likely N-dealkylation sites (N-methyl/N-ethyl adjacent to an activating group) is 1. The maximum Gasteiger partial charge on any atom is 0.00944 e. The molecule has 1 aromatic rings. The van der Waals surface area contributed by atoms with E-state index in [0.29, 0.717) is 0 Å². The lowest BCUT2D eigenvalue weighted by molar-refractivity contribution is 0.716. The summed E-state index contributed by atoms with van der Waals surface area (Å²) in [5.41, 5.74) is 1.45. The van der Waals surface area contributed by atoms with Crippen molar-refractivity contribution in [1.29, 1.82) is 0 Å². The van der Waals surface area contributed by atoms with E-state index in [4.69, 9.17) is 0 Å². The van der Waals surface area contributed by atoms with E-state index in [1.807, 2.05) is 0 Å². The topological polar surface area (TPSA) is 12.0 Å². The van der Waals surface area contributed by atoms with Gasteiger partial charge in [0.05, 0.1) is 0 Å². The fourth-order valence-electron chi connectivity index (χ4n) is 2.34. The Morgan fingerprint density at radius 2 is 1.88 bits per heavy atom. The molecule has 0 amide bonds. The van der Waals surface area contributed by atoms with Crippen LogP contribution >= 0.6 is 11.8 Å². The molecule has 1 aromatic carbocycles. The Morgan fingerprint density at radius 3 is 2.53 bits per heavy atom. The Balaban J connectivity index is 1.80. The fraction of sp³-hybridized carbons (Fsp3) is 0.600. The Labute approximate surface area is 109 Å². The van der Waals surface area contributed by atoms with Gasteiger partial charge in [-0.1, -0.05) is 31.9 Å². The van der Waals surface area contributed by atoms with E-state index in [1.54, 1.807) is 0 Å². The van der Waals surface area contributed by atoms with Crippen LogP contribution in [0.25, 0.3) is 0 Å². The SMILES string of the molecule is CCNCCc1ccc(SC2CCCC2)cc1. The minimum atomic E-state index is 0.877. The summed E-state index contributed by atoms with van der Waals surface area (Å²) in [5.74, 6) is 0. The van der Waals surface area contributed by atoms with Crippen molar-refractivity contribution in [3.8, 4) is 0 Å². The quantitative estimate of drug-likeness (QED) is 0.768. The van der Waals surface area contributed by atoms with Crippen molar-refractivity contribution in [2.24, 2.45) is 0 Å². The van der Waals surface area contributed by atoms with Gasteiger partial charge in [-0.3, -0.25) is 0 Å². The summed E-state index contributed by atoms with van der Waals surface area (Å²) in [5, 5.41) is 4.24. The number of benzene rings is 1. The molecule has 0 radical (unpaired) electrons. The molecule has 1 fully saturated rings. The highest BCUT2D eigenvalue weighted by Gasteiger charge is 2.15. The second kappa shape index (κ2) is 7.07. The molecule has 0 spiro atoms. The van der Waals surface area contributed by atoms with Crippen molar-refractivity contribution >= 4 is 11.8 Å². The van der Waals surface area contributed by atoms with E-state index in [2.05, 4.69) is 48.3 Å². The van der Waals surface area contributed by atoms with Crippen molar-refractivity contribution in [2.45, 2.75) is 49.2 Å². The summed E-state index contributed by atoms with van der Waals surface area (Å²) in [4.78, 5) is 1.45. The second-order valence-electron chi connectivity index (χ2n) is 4.77. The van der Waals surface area contributed by atoms with Gasteiger partial charge >= 0.3 is 0 Å². The van der Waals surface area contributed by atoms with Gasteiger partial charge in [0, 0.05) is 10.1 Å². The minimum Gasteiger partial charge on any atom is -0.317 e. The zero-order valence-electron chi connectivity index (χ0n) is 10.7. The third kappa shape index (κ3) is 4.36. The monoisotopic (exact) mass is 249 g/mol. The average Bonchev–Trinajstić information content (AvgIpc) is 2.85. The molecule has 0 bridgehead atoms. The molecule has 1 saturated carbocycles. The minimum absolute atomic E-state index is 0.877. The van der Waals surface area contributed by atoms with Crippen molar-refractivity contribution in [1.82, 2.24) is 5.32 Å². The molecule has 0 atom stereocenters. The zero-order chi connectivity index (χ0) is 11.9. The molecule has 2 heteroatoms. The summed E-state index contributed by atoms with van der Waals surface area (Å²) in [7, 11) is 0. The summed E-state index contributed by atoms with van der Waals surface area (Å²) in [6, 6.07) is 9.16. The first-order valence-corrected chi connectivity index (χ1v) is 7.73. The molecule has 94 valence electrons. The molecule has 1 aliphatic carbocycles. The molecular formula is C15H23NS. The normalized spacial score (nSPS) is 16.5. The van der Waals surface area contributed by atoms with Gasteiger partial charge in [-0.05, 0) is 50.0 Å². The molecule has 2 rings (SSSR count). The molecule has 0 aromatic heterocycles. The molecule has 17 heavy (non-hydrogen) atoms. The highest BCUT2D eigenvalue weighted by atomic mass is 32.2. The van der Waals surface area contributed by atoms with E-state index in [-0.39, 0.29) is 0 Å². The Morgan fingerprint density at radius 1 is 1.18 bits per heavy atom. The number of rotatable bonds is 6. The van der Waals surface area contributed by atoms with Crippen LogP contribution < -0.4 is 5.32 Å². The molecular weight excluding hydrogens is 226 g/mol. The predicted octanol–water partition coefficient (Wildman–Crippen LogP) is 3.87. The smallest absolute Gasteiger partial charge is 0.00944 e. The van der Waals surface area contributed by atoms with Crippen LogP contribution in [0.2, 0.25) is 0 Å². The van der Waals surface area contributed by atoms with Gasteiger partial charge in [-0.2, -0.15) is 0 Å². The van der Waals surface area contributed by atoms with Crippen LogP contribution in [0.1, 0.15) is 38.2 Å². The lowest BCUT2D eigenvalue weighted by Crippen LogP contribution is -2.15. The zero-order valence-corrected chi connectivity index (χ0v) is 11.6.